The van der Waals surface area contributed by atoms with Crippen molar-refractivity contribution in [3.63, 3.8) is 0 Å². The van der Waals surface area contributed by atoms with Crippen LogP contribution in [0, 0.1) is 0 Å². The van der Waals surface area contributed by atoms with Crippen LogP contribution in [0.25, 0.3) is 11.1 Å². The maximum atomic E-state index is 12.0. The third-order valence-corrected chi connectivity index (χ3v) is 3.98. The lowest BCUT2D eigenvalue weighted by Gasteiger charge is -2.39. The van der Waals surface area contributed by atoms with Gasteiger partial charge in [0.2, 0.25) is 5.91 Å². The summed E-state index contributed by atoms with van der Waals surface area (Å²) in [5.41, 5.74) is 2.14. The lowest BCUT2D eigenvalue weighted by molar-refractivity contribution is -0.129. The van der Waals surface area contributed by atoms with Gasteiger partial charge in [0.25, 0.3) is 5.56 Å². The fraction of sp³-hybridized carbons (Fsp3) is 0.235. The molecular weight excluding hydrogens is 306 g/mol. The predicted molar refractivity (Wildman–Crippen MR) is 94.0 cm³/mol. The summed E-state index contributed by atoms with van der Waals surface area (Å²) in [6, 6.07) is 5.67. The van der Waals surface area contributed by atoms with E-state index in [1.165, 1.54) is 6.08 Å². The number of aromatic nitrogens is 2. The number of carbonyl (C=O) groups is 1. The Morgan fingerprint density at radius 1 is 1.42 bits per heavy atom. The van der Waals surface area contributed by atoms with Gasteiger partial charge in [0.15, 0.2) is 0 Å². The summed E-state index contributed by atoms with van der Waals surface area (Å²) in [6.45, 7) is 4.60. The van der Waals surface area contributed by atoms with Crippen LogP contribution in [0.3, 0.4) is 0 Å². The number of carbonyl (C=O) groups excluding carboxylic acids is 1. The van der Waals surface area contributed by atoms with Crippen LogP contribution in [-0.2, 0) is 4.79 Å². The SMILES string of the molecule is C=CC(=O)N1CC(Nc2cc(-c3ccnc(NC)c3)c[nH]c2=O)C1. The Morgan fingerprint density at radius 3 is 2.92 bits per heavy atom. The van der Waals surface area contributed by atoms with Gasteiger partial charge in [-0.1, -0.05) is 6.58 Å². The van der Waals surface area contributed by atoms with Gasteiger partial charge < -0.3 is 20.5 Å². The second kappa shape index (κ2) is 6.57. The first kappa shape index (κ1) is 15.8. The Morgan fingerprint density at radius 2 is 2.21 bits per heavy atom. The van der Waals surface area contributed by atoms with Gasteiger partial charge in [-0.15, -0.1) is 0 Å². The summed E-state index contributed by atoms with van der Waals surface area (Å²) < 4.78 is 0. The zero-order valence-corrected chi connectivity index (χ0v) is 13.4. The third-order valence-electron chi connectivity index (χ3n) is 3.98. The third kappa shape index (κ3) is 3.15. The van der Waals surface area contributed by atoms with Crippen LogP contribution in [0.1, 0.15) is 0 Å². The molecule has 0 spiro atoms. The van der Waals surface area contributed by atoms with Crippen LogP contribution in [0.2, 0.25) is 0 Å². The summed E-state index contributed by atoms with van der Waals surface area (Å²) in [7, 11) is 1.80. The molecule has 7 heteroatoms. The molecule has 1 saturated heterocycles. The number of amides is 1. The molecule has 3 rings (SSSR count). The lowest BCUT2D eigenvalue weighted by atomic mass is 10.1. The molecule has 7 nitrogen and oxygen atoms in total. The fourth-order valence-electron chi connectivity index (χ4n) is 2.60. The van der Waals surface area contributed by atoms with Crippen molar-refractivity contribution in [3.8, 4) is 11.1 Å². The van der Waals surface area contributed by atoms with Crippen molar-refractivity contribution in [2.24, 2.45) is 0 Å². The van der Waals surface area contributed by atoms with E-state index in [-0.39, 0.29) is 17.5 Å². The van der Waals surface area contributed by atoms with Crippen molar-refractivity contribution in [1.29, 1.82) is 0 Å². The molecule has 0 radical (unpaired) electrons. The highest BCUT2D eigenvalue weighted by Gasteiger charge is 2.29. The van der Waals surface area contributed by atoms with Crippen molar-refractivity contribution in [1.82, 2.24) is 14.9 Å². The van der Waals surface area contributed by atoms with E-state index in [9.17, 15) is 9.59 Å². The Balaban J connectivity index is 1.76. The summed E-state index contributed by atoms with van der Waals surface area (Å²) in [5, 5.41) is 6.18. The van der Waals surface area contributed by atoms with E-state index in [4.69, 9.17) is 0 Å². The standard InChI is InChI=1S/C17H19N5O2/c1-3-16(23)22-9-13(10-22)21-14-6-12(8-20-17(14)24)11-4-5-19-15(7-11)18-2/h3-8,13,21H,1,9-10H2,2H3,(H,18,19)(H,20,24). The molecule has 0 aliphatic carbocycles. The number of aromatic amines is 1. The fourth-order valence-corrected chi connectivity index (χ4v) is 2.60. The van der Waals surface area contributed by atoms with Gasteiger partial charge in [-0.25, -0.2) is 4.98 Å². The van der Waals surface area contributed by atoms with Gasteiger partial charge in [0, 0.05) is 38.1 Å². The van der Waals surface area contributed by atoms with Crippen molar-refractivity contribution in [2.75, 3.05) is 30.8 Å². The number of pyridine rings is 2. The maximum Gasteiger partial charge on any atom is 0.271 e. The highest BCUT2D eigenvalue weighted by molar-refractivity contribution is 5.87. The van der Waals surface area contributed by atoms with E-state index in [2.05, 4.69) is 27.2 Å². The Bertz CT molecular complexity index is 824. The highest BCUT2D eigenvalue weighted by atomic mass is 16.2. The predicted octanol–water partition coefficient (Wildman–Crippen LogP) is 1.29. The molecule has 1 aliphatic rings. The van der Waals surface area contributed by atoms with Crippen LogP contribution < -0.4 is 16.2 Å². The topological polar surface area (TPSA) is 90.1 Å². The van der Waals surface area contributed by atoms with Crippen molar-refractivity contribution < 1.29 is 4.79 Å². The summed E-state index contributed by atoms with van der Waals surface area (Å²) in [4.78, 5) is 32.1. The molecule has 1 fully saturated rings. The molecule has 2 aromatic rings. The second-order valence-corrected chi connectivity index (χ2v) is 5.60. The number of H-pyrrole nitrogens is 1. The molecule has 1 aliphatic heterocycles. The number of nitrogens with one attached hydrogen (secondary N) is 3. The van der Waals surface area contributed by atoms with Gasteiger partial charge in [-0.2, -0.15) is 0 Å². The molecule has 0 saturated carbocycles. The quantitative estimate of drug-likeness (QED) is 0.721. The molecular formula is C17H19N5O2. The van der Waals surface area contributed by atoms with Crippen LogP contribution in [-0.4, -0.2) is 47.0 Å². The van der Waals surface area contributed by atoms with Crippen molar-refractivity contribution in [2.45, 2.75) is 6.04 Å². The number of nitrogens with zero attached hydrogens (tertiary/aromatic N) is 2. The molecule has 1 amide bonds. The first-order valence-electron chi connectivity index (χ1n) is 7.65. The van der Waals surface area contributed by atoms with Crippen molar-refractivity contribution >= 4 is 17.4 Å². The Hall–Kier alpha value is -3.09. The smallest absolute Gasteiger partial charge is 0.271 e. The Labute approximate surface area is 139 Å². The first-order chi connectivity index (χ1) is 11.6. The molecule has 124 valence electrons. The van der Waals surface area contributed by atoms with E-state index in [1.807, 2.05) is 18.2 Å². The molecule has 24 heavy (non-hydrogen) atoms. The van der Waals surface area contributed by atoms with Gasteiger partial charge >= 0.3 is 0 Å². The number of anilines is 2. The average molecular weight is 325 g/mol. The Kier molecular flexibility index (Phi) is 4.33. The van der Waals surface area contributed by atoms with E-state index in [0.29, 0.717) is 18.8 Å². The number of hydrogen-bond donors (Lipinski definition) is 3. The van der Waals surface area contributed by atoms with E-state index in [0.717, 1.165) is 16.9 Å². The van der Waals surface area contributed by atoms with E-state index >= 15 is 0 Å². The molecule has 3 heterocycles. The molecule has 0 unspecified atom stereocenters. The van der Waals surface area contributed by atoms with Gasteiger partial charge in [-0.3, -0.25) is 9.59 Å². The van der Waals surface area contributed by atoms with Crippen LogP contribution in [0.15, 0.2) is 48.0 Å². The zero-order chi connectivity index (χ0) is 17.1. The normalized spacial score (nSPS) is 14.0. The molecule has 0 atom stereocenters. The molecule has 3 N–H and O–H groups in total. The minimum Gasteiger partial charge on any atom is -0.374 e. The number of hydrogen-bond acceptors (Lipinski definition) is 5. The van der Waals surface area contributed by atoms with Crippen LogP contribution >= 0.6 is 0 Å². The highest BCUT2D eigenvalue weighted by Crippen LogP contribution is 2.22. The van der Waals surface area contributed by atoms with E-state index < -0.39 is 0 Å². The van der Waals surface area contributed by atoms with Gasteiger partial charge in [-0.05, 0) is 29.8 Å². The number of likely N-dealkylation sites (tertiary alicyclic amines) is 1. The maximum absolute atomic E-state index is 12.0. The van der Waals surface area contributed by atoms with Crippen molar-refractivity contribution in [3.05, 3.63) is 53.6 Å². The molecule has 0 aromatic carbocycles. The molecule has 0 bridgehead atoms. The largest absolute Gasteiger partial charge is 0.374 e. The van der Waals surface area contributed by atoms with E-state index in [1.54, 1.807) is 24.3 Å². The summed E-state index contributed by atoms with van der Waals surface area (Å²) in [6.07, 6.45) is 4.69. The second-order valence-electron chi connectivity index (χ2n) is 5.60. The lowest BCUT2D eigenvalue weighted by Crippen LogP contribution is -2.56. The zero-order valence-electron chi connectivity index (χ0n) is 13.4. The van der Waals surface area contributed by atoms with Gasteiger partial charge in [0.05, 0.1) is 6.04 Å². The molecule has 2 aromatic heterocycles. The minimum atomic E-state index is -0.185. The summed E-state index contributed by atoms with van der Waals surface area (Å²) in [5.74, 6) is 0.665. The summed E-state index contributed by atoms with van der Waals surface area (Å²) >= 11 is 0. The van der Waals surface area contributed by atoms with Crippen LogP contribution in [0.4, 0.5) is 11.5 Å². The minimum absolute atomic E-state index is 0.0653. The monoisotopic (exact) mass is 325 g/mol. The average Bonchev–Trinajstić information content (AvgIpc) is 2.58. The van der Waals surface area contributed by atoms with Crippen LogP contribution in [0.5, 0.6) is 0 Å². The first-order valence-corrected chi connectivity index (χ1v) is 7.65. The number of rotatable bonds is 5. The van der Waals surface area contributed by atoms with Gasteiger partial charge in [0.1, 0.15) is 11.5 Å².